The minimum atomic E-state index is -0.385. The molecule has 2 aromatic rings. The molecule has 214 valence electrons. The maximum Gasteiger partial charge on any atom is 0.306 e. The Hall–Kier alpha value is -2.80. The summed E-state index contributed by atoms with van der Waals surface area (Å²) >= 11 is 6.43. The second-order valence-corrected chi connectivity index (χ2v) is 11.2. The molecule has 0 saturated heterocycles. The minimum Gasteiger partial charge on any atom is -0.466 e. The molecule has 1 saturated carbocycles. The van der Waals surface area contributed by atoms with Crippen molar-refractivity contribution < 1.29 is 19.1 Å². The third kappa shape index (κ3) is 9.71. The summed E-state index contributed by atoms with van der Waals surface area (Å²) in [5.74, 6) is -0.213. The van der Waals surface area contributed by atoms with E-state index in [-0.39, 0.29) is 49.8 Å². The van der Waals surface area contributed by atoms with Crippen LogP contribution in [0.4, 0.5) is 0 Å². The van der Waals surface area contributed by atoms with E-state index in [0.717, 1.165) is 48.4 Å². The van der Waals surface area contributed by atoms with Gasteiger partial charge in [-0.1, -0.05) is 62.9 Å². The van der Waals surface area contributed by atoms with E-state index in [0.29, 0.717) is 25.6 Å². The van der Waals surface area contributed by atoms with E-state index in [2.05, 4.69) is 24.5 Å². The lowest BCUT2D eigenvalue weighted by atomic mass is 9.94. The van der Waals surface area contributed by atoms with E-state index in [1.165, 1.54) is 6.42 Å². The van der Waals surface area contributed by atoms with Gasteiger partial charge in [0.15, 0.2) is 0 Å². The summed E-state index contributed by atoms with van der Waals surface area (Å²) in [6.45, 7) is 7.87. The second-order valence-electron chi connectivity index (χ2n) is 10.8. The summed E-state index contributed by atoms with van der Waals surface area (Å²) in [7, 11) is 0. The number of rotatable bonds is 14. The van der Waals surface area contributed by atoms with Crippen molar-refractivity contribution in [1.82, 2.24) is 14.4 Å². The van der Waals surface area contributed by atoms with E-state index in [9.17, 15) is 14.4 Å². The molecular weight excluding hydrogens is 514 g/mol. The molecule has 0 spiro atoms. The molecule has 8 heteroatoms. The summed E-state index contributed by atoms with van der Waals surface area (Å²) in [5, 5.41) is 0.722. The quantitative estimate of drug-likeness (QED) is 0.264. The van der Waals surface area contributed by atoms with Crippen LogP contribution in [-0.4, -0.2) is 57.9 Å². The average molecular weight is 558 g/mol. The van der Waals surface area contributed by atoms with Crippen LogP contribution >= 0.6 is 11.6 Å². The summed E-state index contributed by atoms with van der Waals surface area (Å²) in [6.07, 6.45) is 8.23. The third-order valence-electron chi connectivity index (χ3n) is 7.39. The standard InChI is InChI=1S/C31H44ClN3O4/c1-4-39-31(38)17-16-29(36)34(20-18-24(2)3)23-30(37)35(26-12-6-5-7-13-26)22-27-14-10-19-33(27)21-25-11-8-9-15-28(25)32/h8-11,14-15,19,24,26H,4-7,12-13,16-18,20-23H2,1-3H3. The van der Waals surface area contributed by atoms with Gasteiger partial charge in [0.2, 0.25) is 11.8 Å². The highest BCUT2D eigenvalue weighted by Crippen LogP contribution is 2.26. The summed E-state index contributed by atoms with van der Waals surface area (Å²) in [6, 6.07) is 12.0. The summed E-state index contributed by atoms with van der Waals surface area (Å²) in [5.41, 5.74) is 2.07. The van der Waals surface area contributed by atoms with Gasteiger partial charge in [0, 0.05) is 42.5 Å². The number of benzene rings is 1. The van der Waals surface area contributed by atoms with Gasteiger partial charge >= 0.3 is 5.97 Å². The number of esters is 1. The first kappa shape index (κ1) is 30.7. The van der Waals surface area contributed by atoms with Gasteiger partial charge in [-0.05, 0) is 55.9 Å². The molecule has 3 rings (SSSR count). The molecule has 0 atom stereocenters. The highest BCUT2D eigenvalue weighted by atomic mass is 35.5. The molecule has 0 unspecified atom stereocenters. The molecule has 0 aliphatic heterocycles. The van der Waals surface area contributed by atoms with E-state index in [1.54, 1.807) is 11.8 Å². The monoisotopic (exact) mass is 557 g/mol. The van der Waals surface area contributed by atoms with Crippen molar-refractivity contribution in [1.29, 1.82) is 0 Å². The van der Waals surface area contributed by atoms with E-state index in [4.69, 9.17) is 16.3 Å². The zero-order chi connectivity index (χ0) is 28.2. The number of amides is 2. The summed E-state index contributed by atoms with van der Waals surface area (Å²) in [4.78, 5) is 42.5. The molecule has 1 aromatic heterocycles. The molecule has 39 heavy (non-hydrogen) atoms. The highest BCUT2D eigenvalue weighted by Gasteiger charge is 2.29. The fourth-order valence-electron chi connectivity index (χ4n) is 5.11. The van der Waals surface area contributed by atoms with Crippen molar-refractivity contribution in [3.05, 3.63) is 58.9 Å². The first-order chi connectivity index (χ1) is 18.8. The molecular formula is C31H44ClN3O4. The molecule has 7 nitrogen and oxygen atoms in total. The Labute approximate surface area is 238 Å². The first-order valence-electron chi connectivity index (χ1n) is 14.4. The van der Waals surface area contributed by atoms with E-state index >= 15 is 0 Å². The number of carbonyl (C=O) groups excluding carboxylic acids is 3. The molecule has 0 N–H and O–H groups in total. The number of halogens is 1. The van der Waals surface area contributed by atoms with Crippen LogP contribution in [0.25, 0.3) is 0 Å². The molecule has 1 aliphatic rings. The van der Waals surface area contributed by atoms with Gasteiger partial charge in [-0.25, -0.2) is 0 Å². The maximum absolute atomic E-state index is 13.9. The smallest absolute Gasteiger partial charge is 0.306 e. The van der Waals surface area contributed by atoms with Crippen LogP contribution < -0.4 is 0 Å². The number of hydrogen-bond donors (Lipinski definition) is 0. The number of ether oxygens (including phenoxy) is 1. The minimum absolute atomic E-state index is 0.0239. The third-order valence-corrected chi connectivity index (χ3v) is 7.76. The van der Waals surface area contributed by atoms with E-state index < -0.39 is 0 Å². The normalized spacial score (nSPS) is 13.9. The Morgan fingerprint density at radius 1 is 1.03 bits per heavy atom. The van der Waals surface area contributed by atoms with Crippen LogP contribution in [0.1, 0.15) is 83.4 Å². The molecule has 0 bridgehead atoms. The van der Waals surface area contributed by atoms with Crippen LogP contribution in [0, 0.1) is 5.92 Å². The molecule has 1 aliphatic carbocycles. The predicted molar refractivity (Wildman–Crippen MR) is 154 cm³/mol. The zero-order valence-corrected chi connectivity index (χ0v) is 24.5. The largest absolute Gasteiger partial charge is 0.466 e. The fourth-order valence-corrected chi connectivity index (χ4v) is 5.30. The molecule has 1 heterocycles. The molecule has 2 amide bonds. The Bertz CT molecular complexity index is 1080. The van der Waals surface area contributed by atoms with Crippen molar-refractivity contribution in [2.45, 2.75) is 91.3 Å². The van der Waals surface area contributed by atoms with Gasteiger partial charge in [-0.2, -0.15) is 0 Å². The van der Waals surface area contributed by atoms with Crippen LogP contribution in [-0.2, 0) is 32.2 Å². The Morgan fingerprint density at radius 2 is 1.77 bits per heavy atom. The van der Waals surface area contributed by atoms with Gasteiger partial charge in [0.1, 0.15) is 0 Å². The fraction of sp³-hybridized carbons (Fsp3) is 0.581. The average Bonchev–Trinajstić information content (AvgIpc) is 3.36. The number of nitrogens with zero attached hydrogens (tertiary/aromatic N) is 3. The molecule has 1 fully saturated rings. The molecule has 0 radical (unpaired) electrons. The Kier molecular flexibility index (Phi) is 12.4. The SMILES string of the molecule is CCOC(=O)CCC(=O)N(CCC(C)C)CC(=O)N(Cc1cccn1Cc1ccccc1Cl)C1CCCCC1. The Morgan fingerprint density at radius 3 is 2.46 bits per heavy atom. The highest BCUT2D eigenvalue weighted by molar-refractivity contribution is 6.31. The van der Waals surface area contributed by atoms with Crippen molar-refractivity contribution >= 4 is 29.4 Å². The van der Waals surface area contributed by atoms with Crippen LogP contribution in [0.3, 0.4) is 0 Å². The van der Waals surface area contributed by atoms with Gasteiger partial charge in [0.05, 0.1) is 26.1 Å². The maximum atomic E-state index is 13.9. The first-order valence-corrected chi connectivity index (χ1v) is 14.8. The predicted octanol–water partition coefficient (Wildman–Crippen LogP) is 6.07. The second kappa shape index (κ2) is 15.7. The van der Waals surface area contributed by atoms with Crippen LogP contribution in [0.5, 0.6) is 0 Å². The topological polar surface area (TPSA) is 71.8 Å². The van der Waals surface area contributed by atoms with Crippen LogP contribution in [0.15, 0.2) is 42.6 Å². The lowest BCUT2D eigenvalue weighted by Crippen LogP contribution is -2.48. The Balaban J connectivity index is 1.77. The van der Waals surface area contributed by atoms with Crippen molar-refractivity contribution in [2.24, 2.45) is 5.92 Å². The lowest BCUT2D eigenvalue weighted by Gasteiger charge is -2.36. The van der Waals surface area contributed by atoms with Gasteiger partial charge < -0.3 is 19.1 Å². The zero-order valence-electron chi connectivity index (χ0n) is 23.7. The number of aromatic nitrogens is 1. The summed E-state index contributed by atoms with van der Waals surface area (Å²) < 4.78 is 7.14. The lowest BCUT2D eigenvalue weighted by molar-refractivity contribution is -0.147. The van der Waals surface area contributed by atoms with Crippen LogP contribution in [0.2, 0.25) is 5.02 Å². The van der Waals surface area contributed by atoms with Gasteiger partial charge in [-0.3, -0.25) is 14.4 Å². The molecule has 1 aromatic carbocycles. The van der Waals surface area contributed by atoms with Gasteiger partial charge in [0.25, 0.3) is 0 Å². The van der Waals surface area contributed by atoms with Crippen molar-refractivity contribution in [3.8, 4) is 0 Å². The van der Waals surface area contributed by atoms with Crippen molar-refractivity contribution in [2.75, 3.05) is 19.7 Å². The van der Waals surface area contributed by atoms with Crippen molar-refractivity contribution in [3.63, 3.8) is 0 Å². The van der Waals surface area contributed by atoms with Gasteiger partial charge in [-0.15, -0.1) is 0 Å². The number of carbonyl (C=O) groups is 3. The number of hydrogen-bond acceptors (Lipinski definition) is 4. The van der Waals surface area contributed by atoms with E-state index in [1.807, 2.05) is 41.4 Å².